The smallest absolute Gasteiger partial charge is 0.326 e. The predicted molar refractivity (Wildman–Crippen MR) is 127 cm³/mol. The van der Waals surface area contributed by atoms with E-state index in [0.29, 0.717) is 13.0 Å². The molecule has 0 aromatic heterocycles. The molecule has 35 heavy (non-hydrogen) atoms. The molecule has 2 rings (SSSR count). The van der Waals surface area contributed by atoms with Gasteiger partial charge in [-0.1, -0.05) is 30.3 Å². The average Bonchev–Trinajstić information content (AvgIpc) is 3.25. The van der Waals surface area contributed by atoms with E-state index in [2.05, 4.69) is 26.3 Å². The summed E-state index contributed by atoms with van der Waals surface area (Å²) in [7, 11) is 0. The van der Waals surface area contributed by atoms with E-state index < -0.39 is 47.9 Å². The van der Waals surface area contributed by atoms with Crippen LogP contribution in [0.25, 0.3) is 0 Å². The maximum atomic E-state index is 12.9. The number of aliphatic hydroxyl groups is 1. The maximum absolute atomic E-state index is 12.9. The third-order valence-electron chi connectivity index (χ3n) is 5.34. The molecule has 1 saturated heterocycles. The fourth-order valence-electron chi connectivity index (χ4n) is 3.55. The van der Waals surface area contributed by atoms with E-state index in [4.69, 9.17) is 11.5 Å². The molecular formula is C22H33N7O6. The van der Waals surface area contributed by atoms with Crippen LogP contribution in [-0.2, 0) is 25.6 Å². The highest BCUT2D eigenvalue weighted by Gasteiger charge is 2.29. The van der Waals surface area contributed by atoms with E-state index in [1.54, 1.807) is 30.3 Å². The molecule has 1 fully saturated rings. The zero-order chi connectivity index (χ0) is 25.8. The van der Waals surface area contributed by atoms with Crippen molar-refractivity contribution < 1.29 is 29.4 Å². The van der Waals surface area contributed by atoms with Crippen molar-refractivity contribution in [2.75, 3.05) is 19.6 Å². The third kappa shape index (κ3) is 9.98. The van der Waals surface area contributed by atoms with Gasteiger partial charge in [-0.2, -0.15) is 0 Å². The van der Waals surface area contributed by atoms with Crippen molar-refractivity contribution in [2.24, 2.45) is 16.5 Å². The molecule has 1 aromatic carbocycles. The molecule has 0 aliphatic carbocycles. The second-order valence-corrected chi connectivity index (χ2v) is 8.23. The number of benzene rings is 1. The lowest BCUT2D eigenvalue weighted by Gasteiger charge is -2.22. The molecular weight excluding hydrogens is 458 g/mol. The largest absolute Gasteiger partial charge is 0.480 e. The van der Waals surface area contributed by atoms with E-state index in [1.807, 2.05) is 0 Å². The summed E-state index contributed by atoms with van der Waals surface area (Å²) < 4.78 is 0. The highest BCUT2D eigenvalue weighted by Crippen LogP contribution is 2.07. The van der Waals surface area contributed by atoms with Crippen LogP contribution >= 0.6 is 0 Å². The maximum Gasteiger partial charge on any atom is 0.326 e. The van der Waals surface area contributed by atoms with E-state index in [1.165, 1.54) is 0 Å². The molecule has 0 spiro atoms. The molecule has 1 heterocycles. The molecule has 0 radical (unpaired) electrons. The Labute approximate surface area is 202 Å². The number of carbonyl (C=O) groups is 4. The summed E-state index contributed by atoms with van der Waals surface area (Å²) in [5.74, 6) is -3.08. The average molecular weight is 492 g/mol. The first kappa shape index (κ1) is 27.5. The molecule has 3 amide bonds. The van der Waals surface area contributed by atoms with E-state index in [0.717, 1.165) is 5.56 Å². The zero-order valence-corrected chi connectivity index (χ0v) is 19.3. The molecule has 13 heteroatoms. The van der Waals surface area contributed by atoms with Gasteiger partial charge in [0.1, 0.15) is 12.1 Å². The molecule has 192 valence electrons. The Kier molecular flexibility index (Phi) is 10.9. The van der Waals surface area contributed by atoms with Gasteiger partial charge in [-0.15, -0.1) is 0 Å². The Bertz CT molecular complexity index is 907. The lowest BCUT2D eigenvalue weighted by Crippen LogP contribution is -2.54. The second-order valence-electron chi connectivity index (χ2n) is 8.23. The summed E-state index contributed by atoms with van der Waals surface area (Å²) in [5, 5.41) is 29.4. The van der Waals surface area contributed by atoms with Crippen LogP contribution < -0.4 is 32.7 Å². The van der Waals surface area contributed by atoms with Gasteiger partial charge in [0.05, 0.1) is 18.7 Å². The van der Waals surface area contributed by atoms with Crippen molar-refractivity contribution in [1.29, 1.82) is 0 Å². The Morgan fingerprint density at radius 1 is 1.11 bits per heavy atom. The van der Waals surface area contributed by atoms with Crippen LogP contribution in [0, 0.1) is 0 Å². The first-order valence-electron chi connectivity index (χ1n) is 11.3. The zero-order valence-electron chi connectivity index (χ0n) is 19.3. The lowest BCUT2D eigenvalue weighted by molar-refractivity contribution is -0.142. The minimum absolute atomic E-state index is 0.0835. The van der Waals surface area contributed by atoms with Crippen molar-refractivity contribution >= 4 is 29.7 Å². The van der Waals surface area contributed by atoms with Crippen molar-refractivity contribution in [2.45, 2.75) is 49.9 Å². The summed E-state index contributed by atoms with van der Waals surface area (Å²) in [5.41, 5.74) is 11.3. The lowest BCUT2D eigenvalue weighted by atomic mass is 10.0. The van der Waals surface area contributed by atoms with Gasteiger partial charge < -0.3 is 42.9 Å². The number of aliphatic imine (C=N–C) groups is 1. The number of hydrogen-bond donors (Lipinski definition) is 8. The molecule has 4 atom stereocenters. The summed E-state index contributed by atoms with van der Waals surface area (Å²) >= 11 is 0. The summed E-state index contributed by atoms with van der Waals surface area (Å²) in [6, 6.07) is 6.02. The minimum Gasteiger partial charge on any atom is -0.480 e. The number of carbonyl (C=O) groups excluding carboxylic acids is 3. The molecule has 1 aromatic rings. The first-order chi connectivity index (χ1) is 16.7. The number of nitrogens with one attached hydrogen (secondary N) is 4. The minimum atomic E-state index is -1.23. The van der Waals surface area contributed by atoms with Crippen molar-refractivity contribution in [3.63, 3.8) is 0 Å². The van der Waals surface area contributed by atoms with Crippen LogP contribution in [0.3, 0.4) is 0 Å². The van der Waals surface area contributed by atoms with Gasteiger partial charge in [0.2, 0.25) is 17.7 Å². The van der Waals surface area contributed by atoms with Crippen LogP contribution in [-0.4, -0.2) is 83.7 Å². The number of nitrogens with zero attached hydrogens (tertiary/aromatic N) is 1. The number of nitrogens with two attached hydrogens (primary N) is 2. The van der Waals surface area contributed by atoms with E-state index in [-0.39, 0.29) is 38.3 Å². The predicted octanol–water partition coefficient (Wildman–Crippen LogP) is -2.82. The van der Waals surface area contributed by atoms with Crippen molar-refractivity contribution in [3.8, 4) is 0 Å². The highest BCUT2D eigenvalue weighted by molar-refractivity contribution is 5.92. The molecule has 0 bridgehead atoms. The Morgan fingerprint density at radius 2 is 1.83 bits per heavy atom. The van der Waals surface area contributed by atoms with Gasteiger partial charge in [0.15, 0.2) is 5.96 Å². The molecule has 13 nitrogen and oxygen atoms in total. The normalized spacial score (nSPS) is 18.7. The molecule has 1 aliphatic rings. The number of amides is 3. The van der Waals surface area contributed by atoms with Gasteiger partial charge in [0, 0.05) is 19.5 Å². The Morgan fingerprint density at radius 3 is 2.43 bits per heavy atom. The molecule has 0 unspecified atom stereocenters. The quantitative estimate of drug-likeness (QED) is 0.0808. The standard InChI is InChI=1S/C22H33N7O6/c23-22(24)25-8-4-7-15(21(34)35)29-20(33)17(9-13-5-2-1-3-6-13)28-18(31)12-27-19(32)16-10-14(30)11-26-16/h1-3,5-6,14-17,26,30H,4,7-12H2,(H,27,32)(H,28,31)(H,29,33)(H,34,35)(H4,23,24,25)/t14-,15+,16+,17+/m1/s1. The third-order valence-corrected chi connectivity index (χ3v) is 5.34. The van der Waals surface area contributed by atoms with Gasteiger partial charge in [-0.3, -0.25) is 19.4 Å². The van der Waals surface area contributed by atoms with Gasteiger partial charge in [-0.05, 0) is 24.8 Å². The number of β-amino-alcohol motifs (C(OH)–C–C–N with tert-alkyl or cyclic N) is 1. The first-order valence-corrected chi connectivity index (χ1v) is 11.3. The molecule has 1 aliphatic heterocycles. The number of carboxylic acid groups (broad SMARTS) is 1. The fraction of sp³-hybridized carbons (Fsp3) is 0.500. The number of guanidine groups is 1. The fourth-order valence-corrected chi connectivity index (χ4v) is 3.55. The Hall–Kier alpha value is -3.71. The van der Waals surface area contributed by atoms with Crippen LogP contribution in [0.5, 0.6) is 0 Å². The number of rotatable bonds is 13. The van der Waals surface area contributed by atoms with Gasteiger partial charge in [-0.25, -0.2) is 4.79 Å². The second kappa shape index (κ2) is 13.9. The van der Waals surface area contributed by atoms with Crippen molar-refractivity contribution in [3.05, 3.63) is 35.9 Å². The number of aliphatic carboxylic acids is 1. The summed E-state index contributed by atoms with van der Waals surface area (Å²) in [6.07, 6.45) is 0.135. The van der Waals surface area contributed by atoms with Crippen LogP contribution in [0.15, 0.2) is 35.3 Å². The molecule has 0 saturated carbocycles. The monoisotopic (exact) mass is 491 g/mol. The van der Waals surface area contributed by atoms with Gasteiger partial charge in [0.25, 0.3) is 0 Å². The van der Waals surface area contributed by atoms with Crippen molar-refractivity contribution in [1.82, 2.24) is 21.3 Å². The van der Waals surface area contributed by atoms with Crippen LogP contribution in [0.4, 0.5) is 0 Å². The van der Waals surface area contributed by atoms with E-state index >= 15 is 0 Å². The highest BCUT2D eigenvalue weighted by atomic mass is 16.4. The van der Waals surface area contributed by atoms with Crippen LogP contribution in [0.1, 0.15) is 24.8 Å². The topological polar surface area (TPSA) is 221 Å². The number of carboxylic acids is 1. The number of hydrogen-bond acceptors (Lipinski definition) is 7. The SMILES string of the molecule is NC(N)=NCCC[C@H](NC(=O)[C@H](Cc1ccccc1)NC(=O)CNC(=O)[C@@H]1C[C@@H](O)CN1)C(=O)O. The van der Waals surface area contributed by atoms with Crippen LogP contribution in [0.2, 0.25) is 0 Å². The van der Waals surface area contributed by atoms with Gasteiger partial charge >= 0.3 is 5.97 Å². The summed E-state index contributed by atoms with van der Waals surface area (Å²) in [4.78, 5) is 53.0. The Balaban J connectivity index is 1.98. The van der Waals surface area contributed by atoms with E-state index in [9.17, 15) is 29.4 Å². The molecule has 10 N–H and O–H groups in total. The number of aliphatic hydroxyl groups excluding tert-OH is 1. The summed E-state index contributed by atoms with van der Waals surface area (Å²) in [6.45, 7) is 0.117.